The molecule has 236 valence electrons. The van der Waals surface area contributed by atoms with Crippen molar-refractivity contribution >= 4 is 57.0 Å². The van der Waals surface area contributed by atoms with E-state index in [1.807, 2.05) is 34.9 Å². The Hall–Kier alpha value is -4.47. The van der Waals surface area contributed by atoms with Crippen LogP contribution < -0.4 is 24.4 Å². The Balaban J connectivity index is 1.38. The molecule has 1 amide bonds. The zero-order valence-corrected chi connectivity index (χ0v) is 27.3. The van der Waals surface area contributed by atoms with E-state index in [4.69, 9.17) is 42.4 Å². The first-order valence-electron chi connectivity index (χ1n) is 15.1. The number of benzene rings is 2. The van der Waals surface area contributed by atoms with E-state index in [0.29, 0.717) is 67.3 Å². The molecule has 1 N–H and O–H groups in total. The molecular formula is C35H33Cl2N5O4. The molecule has 11 heteroatoms. The Morgan fingerprint density at radius 1 is 0.935 bits per heavy atom. The summed E-state index contributed by atoms with van der Waals surface area (Å²) in [5, 5.41) is 4.57. The van der Waals surface area contributed by atoms with Gasteiger partial charge in [0.15, 0.2) is 0 Å². The van der Waals surface area contributed by atoms with Gasteiger partial charge in [-0.05, 0) is 55.4 Å². The van der Waals surface area contributed by atoms with Gasteiger partial charge in [-0.3, -0.25) is 14.2 Å². The number of piperidine rings is 1. The fourth-order valence-electron chi connectivity index (χ4n) is 7.03. The normalized spacial score (nSPS) is 17.4. The minimum Gasteiger partial charge on any atom is -0.496 e. The molecule has 0 radical (unpaired) electrons. The highest BCUT2D eigenvalue weighted by molar-refractivity contribution is 6.41. The SMILES string of the molecule is C=CC(=O)Nc1cc(-c2cc3c(cn2)cc(-c2c(Cl)c(OC)cc(OC)c2Cl)c2nccn23)c(OC)cc1N1CC2CCC(C2)C1. The van der Waals surface area contributed by atoms with Crippen molar-refractivity contribution in [3.8, 4) is 39.6 Å². The summed E-state index contributed by atoms with van der Waals surface area (Å²) in [5.74, 6) is 2.59. The Labute approximate surface area is 276 Å². The van der Waals surface area contributed by atoms with Gasteiger partial charge in [0.25, 0.3) is 0 Å². The van der Waals surface area contributed by atoms with E-state index in [2.05, 4.69) is 21.8 Å². The summed E-state index contributed by atoms with van der Waals surface area (Å²) in [6.45, 7) is 5.58. The molecule has 1 saturated heterocycles. The second-order valence-electron chi connectivity index (χ2n) is 11.8. The molecule has 3 aromatic heterocycles. The summed E-state index contributed by atoms with van der Waals surface area (Å²) < 4.78 is 19.0. The largest absolute Gasteiger partial charge is 0.496 e. The van der Waals surface area contributed by atoms with Crippen LogP contribution in [0.4, 0.5) is 11.4 Å². The third kappa shape index (κ3) is 5.08. The number of imidazole rings is 1. The minimum atomic E-state index is -0.275. The van der Waals surface area contributed by atoms with E-state index < -0.39 is 0 Å². The van der Waals surface area contributed by atoms with E-state index >= 15 is 0 Å². The fraction of sp³-hybridized carbons (Fsp3) is 0.286. The van der Waals surface area contributed by atoms with Crippen LogP contribution in [0.25, 0.3) is 38.9 Å². The number of fused-ring (bicyclic) bond motifs is 5. The average molecular weight is 659 g/mol. The van der Waals surface area contributed by atoms with Crippen LogP contribution in [0, 0.1) is 11.8 Å². The number of amides is 1. The van der Waals surface area contributed by atoms with Crippen LogP contribution in [0.15, 0.2) is 61.6 Å². The van der Waals surface area contributed by atoms with Crippen LogP contribution in [0.5, 0.6) is 17.2 Å². The van der Waals surface area contributed by atoms with Gasteiger partial charge in [0.2, 0.25) is 5.91 Å². The van der Waals surface area contributed by atoms with Crippen molar-refractivity contribution in [3.05, 3.63) is 71.6 Å². The predicted molar refractivity (Wildman–Crippen MR) is 183 cm³/mol. The Morgan fingerprint density at radius 3 is 2.28 bits per heavy atom. The number of methoxy groups -OCH3 is 3. The number of aromatic nitrogens is 3. The maximum absolute atomic E-state index is 12.6. The number of anilines is 2. The number of nitrogens with zero attached hydrogens (tertiary/aromatic N) is 4. The maximum atomic E-state index is 12.6. The molecule has 2 atom stereocenters. The van der Waals surface area contributed by atoms with Gasteiger partial charge in [-0.2, -0.15) is 0 Å². The fourth-order valence-corrected chi connectivity index (χ4v) is 7.74. The first-order chi connectivity index (χ1) is 22.3. The lowest BCUT2D eigenvalue weighted by molar-refractivity contribution is -0.111. The van der Waals surface area contributed by atoms with E-state index in [9.17, 15) is 4.79 Å². The van der Waals surface area contributed by atoms with Crippen LogP contribution in [-0.2, 0) is 4.79 Å². The number of halogens is 2. The third-order valence-corrected chi connectivity index (χ3v) is 9.93. The van der Waals surface area contributed by atoms with E-state index in [0.717, 1.165) is 35.2 Å². The van der Waals surface area contributed by atoms with Gasteiger partial charge >= 0.3 is 0 Å². The maximum Gasteiger partial charge on any atom is 0.247 e. The molecule has 2 unspecified atom stereocenters. The van der Waals surface area contributed by atoms with Crippen LogP contribution >= 0.6 is 23.2 Å². The van der Waals surface area contributed by atoms with Gasteiger partial charge in [-0.15, -0.1) is 0 Å². The van der Waals surface area contributed by atoms with Crippen LogP contribution in [0.2, 0.25) is 10.0 Å². The molecule has 1 aliphatic heterocycles. The number of nitrogens with one attached hydrogen (secondary N) is 1. The number of hydrogen-bond donors (Lipinski definition) is 1. The molecule has 1 saturated carbocycles. The quantitative estimate of drug-likeness (QED) is 0.170. The Bertz CT molecular complexity index is 1990. The van der Waals surface area contributed by atoms with Crippen molar-refractivity contribution in [3.63, 3.8) is 0 Å². The first-order valence-corrected chi connectivity index (χ1v) is 15.9. The molecule has 2 bridgehead atoms. The number of carbonyl (C=O) groups is 1. The van der Waals surface area contributed by atoms with E-state index in [-0.39, 0.29) is 5.91 Å². The lowest BCUT2D eigenvalue weighted by atomic mass is 9.97. The number of pyridine rings is 2. The molecule has 5 aromatic rings. The van der Waals surface area contributed by atoms with Gasteiger partial charge < -0.3 is 24.4 Å². The number of rotatable bonds is 8. The zero-order valence-electron chi connectivity index (χ0n) is 25.8. The topological polar surface area (TPSA) is 90.2 Å². The highest BCUT2D eigenvalue weighted by Gasteiger charge is 2.34. The monoisotopic (exact) mass is 657 g/mol. The van der Waals surface area contributed by atoms with Crippen molar-refractivity contribution in [2.24, 2.45) is 11.8 Å². The lowest BCUT2D eigenvalue weighted by Gasteiger charge is -2.35. The summed E-state index contributed by atoms with van der Waals surface area (Å²) in [6.07, 6.45) is 10.5. The van der Waals surface area contributed by atoms with Crippen molar-refractivity contribution in [2.75, 3.05) is 44.6 Å². The van der Waals surface area contributed by atoms with Crippen molar-refractivity contribution in [1.82, 2.24) is 14.4 Å². The lowest BCUT2D eigenvalue weighted by Crippen LogP contribution is -2.37. The van der Waals surface area contributed by atoms with Gasteiger partial charge in [0.05, 0.1) is 54.0 Å². The van der Waals surface area contributed by atoms with Crippen LogP contribution in [0.1, 0.15) is 19.3 Å². The van der Waals surface area contributed by atoms with Crippen molar-refractivity contribution in [2.45, 2.75) is 19.3 Å². The number of ether oxygens (including phenoxy) is 3. The molecule has 4 heterocycles. The summed E-state index contributed by atoms with van der Waals surface area (Å²) >= 11 is 13.6. The van der Waals surface area contributed by atoms with Gasteiger partial charge in [-0.25, -0.2) is 4.98 Å². The Kier molecular flexibility index (Phi) is 7.90. The second kappa shape index (κ2) is 12.0. The smallest absolute Gasteiger partial charge is 0.247 e. The second-order valence-corrected chi connectivity index (χ2v) is 12.6. The standard InChI is InChI=1S/C35H33Cl2N5O4/c1-5-31(43)40-25-12-22(28(44-2)14-27(25)41-17-19-6-7-20(10-19)18-41)24-13-26-21(16-39-24)11-23(35-38-8-9-42(26)35)32-33(36)29(45-3)15-30(46-4)34(32)37/h5,8-9,11-16,19-20H,1,6-7,10,17-18H2,2-4H3,(H,40,43). The van der Waals surface area contributed by atoms with E-state index in [1.165, 1.54) is 25.3 Å². The predicted octanol–water partition coefficient (Wildman–Crippen LogP) is 7.91. The zero-order chi connectivity index (χ0) is 32.1. The van der Waals surface area contributed by atoms with Crippen molar-refractivity contribution in [1.29, 1.82) is 0 Å². The highest BCUT2D eigenvalue weighted by Crippen LogP contribution is 2.48. The molecule has 2 aliphatic rings. The summed E-state index contributed by atoms with van der Waals surface area (Å²) in [7, 11) is 4.74. The Morgan fingerprint density at radius 2 is 1.63 bits per heavy atom. The van der Waals surface area contributed by atoms with Gasteiger partial charge in [0.1, 0.15) is 22.9 Å². The van der Waals surface area contributed by atoms with E-state index in [1.54, 1.807) is 39.8 Å². The molecule has 1 aliphatic carbocycles. The molecular weight excluding hydrogens is 625 g/mol. The summed E-state index contributed by atoms with van der Waals surface area (Å²) in [5.41, 5.74) is 5.81. The summed E-state index contributed by atoms with van der Waals surface area (Å²) in [4.78, 5) is 24.5. The molecule has 9 nitrogen and oxygen atoms in total. The number of carbonyl (C=O) groups excluding carboxylic acids is 1. The molecule has 0 spiro atoms. The third-order valence-electron chi connectivity index (χ3n) is 9.18. The van der Waals surface area contributed by atoms with Gasteiger partial charge in [0, 0.05) is 65.9 Å². The van der Waals surface area contributed by atoms with Gasteiger partial charge in [-0.1, -0.05) is 29.8 Å². The summed E-state index contributed by atoms with van der Waals surface area (Å²) in [6, 6.07) is 9.57. The molecule has 7 rings (SSSR count). The molecule has 46 heavy (non-hydrogen) atoms. The van der Waals surface area contributed by atoms with Crippen molar-refractivity contribution < 1.29 is 19.0 Å². The first kappa shape index (κ1) is 30.2. The highest BCUT2D eigenvalue weighted by atomic mass is 35.5. The molecule has 2 fully saturated rings. The number of hydrogen-bond acceptors (Lipinski definition) is 7. The van der Waals surface area contributed by atoms with Crippen LogP contribution in [0.3, 0.4) is 0 Å². The molecule has 2 aromatic carbocycles. The average Bonchev–Trinajstić information content (AvgIpc) is 3.70. The van der Waals surface area contributed by atoms with Crippen LogP contribution in [-0.4, -0.2) is 54.7 Å². The minimum absolute atomic E-state index is 0.275.